The summed E-state index contributed by atoms with van der Waals surface area (Å²) in [7, 11) is -3.45. The lowest BCUT2D eigenvalue weighted by molar-refractivity contribution is -0.119. The molecule has 2 aromatic rings. The number of carbonyl (C=O) groups excluding carboxylic acids is 1. The van der Waals surface area contributed by atoms with Crippen molar-refractivity contribution in [3.05, 3.63) is 59.9 Å². The van der Waals surface area contributed by atoms with E-state index in [9.17, 15) is 17.6 Å². The van der Waals surface area contributed by atoms with Crippen molar-refractivity contribution in [3.63, 3.8) is 0 Å². The molecule has 0 aliphatic rings. The molecule has 0 heterocycles. The molecule has 1 N–H and O–H groups in total. The maximum Gasteiger partial charge on any atom is 0.227 e. The number of hydrogen-bond donors (Lipinski definition) is 1. The Morgan fingerprint density at radius 1 is 1.13 bits per heavy atom. The molecule has 0 bridgehead atoms. The maximum atomic E-state index is 13.6. The lowest BCUT2D eigenvalue weighted by atomic mass is 10.00. The first-order chi connectivity index (χ1) is 10.8. The molecule has 6 heteroatoms. The zero-order valence-electron chi connectivity index (χ0n) is 12.9. The lowest BCUT2D eigenvalue weighted by Crippen LogP contribution is -2.23. The summed E-state index contributed by atoms with van der Waals surface area (Å²) in [5.41, 5.74) is 0.687. The quantitative estimate of drug-likeness (QED) is 0.913. The topological polar surface area (TPSA) is 63.2 Å². The number of hydrogen-bond acceptors (Lipinski definition) is 3. The van der Waals surface area contributed by atoms with Crippen molar-refractivity contribution in [1.29, 1.82) is 0 Å². The molecule has 0 aliphatic heterocycles. The molecule has 1 amide bonds. The van der Waals surface area contributed by atoms with E-state index in [0.29, 0.717) is 5.56 Å². The first-order valence-electron chi connectivity index (χ1n) is 7.12. The Balaban J connectivity index is 2.15. The minimum Gasteiger partial charge on any atom is -0.325 e. The van der Waals surface area contributed by atoms with E-state index in [1.54, 1.807) is 37.3 Å². The third-order valence-electron chi connectivity index (χ3n) is 3.48. The zero-order valence-corrected chi connectivity index (χ0v) is 13.7. The second-order valence-corrected chi connectivity index (χ2v) is 7.44. The minimum absolute atomic E-state index is 0.0615. The molecule has 0 radical (unpaired) electrons. The van der Waals surface area contributed by atoms with Crippen LogP contribution in [0.15, 0.2) is 53.4 Å². The van der Waals surface area contributed by atoms with Crippen LogP contribution in [0.5, 0.6) is 0 Å². The molecule has 0 saturated carbocycles. The van der Waals surface area contributed by atoms with Gasteiger partial charge in [-0.1, -0.05) is 37.3 Å². The average Bonchev–Trinajstić information content (AvgIpc) is 2.49. The monoisotopic (exact) mass is 335 g/mol. The third kappa shape index (κ3) is 4.39. The molecule has 4 nitrogen and oxygen atoms in total. The number of carbonyl (C=O) groups is 1. The number of sulfone groups is 1. The van der Waals surface area contributed by atoms with Crippen LogP contribution in [0.4, 0.5) is 10.1 Å². The number of para-hydroxylation sites is 1. The summed E-state index contributed by atoms with van der Waals surface area (Å²) in [4.78, 5) is 12.3. The summed E-state index contributed by atoms with van der Waals surface area (Å²) < 4.78 is 37.1. The van der Waals surface area contributed by atoms with Gasteiger partial charge in [0, 0.05) is 12.2 Å². The van der Waals surface area contributed by atoms with Crippen molar-refractivity contribution >= 4 is 21.4 Å². The first-order valence-corrected chi connectivity index (χ1v) is 9.01. The summed E-state index contributed by atoms with van der Waals surface area (Å²) in [6, 6.07) is 12.5. The number of amides is 1. The van der Waals surface area contributed by atoms with Crippen LogP contribution in [0.2, 0.25) is 0 Å². The van der Waals surface area contributed by atoms with Gasteiger partial charge in [-0.05, 0) is 30.2 Å². The molecule has 2 aromatic carbocycles. The highest BCUT2D eigenvalue weighted by Crippen LogP contribution is 2.22. The molecule has 0 unspecified atom stereocenters. The van der Waals surface area contributed by atoms with Crippen molar-refractivity contribution in [1.82, 2.24) is 0 Å². The molecule has 0 aromatic heterocycles. The molecular weight excluding hydrogens is 317 g/mol. The average molecular weight is 335 g/mol. The van der Waals surface area contributed by atoms with E-state index < -0.39 is 15.8 Å². The normalized spacial score (nSPS) is 12.7. The van der Waals surface area contributed by atoms with Gasteiger partial charge in [0.25, 0.3) is 0 Å². The second kappa shape index (κ2) is 6.91. The largest absolute Gasteiger partial charge is 0.325 e. The van der Waals surface area contributed by atoms with Gasteiger partial charge in [0.2, 0.25) is 5.91 Å². The van der Waals surface area contributed by atoms with Gasteiger partial charge in [-0.25, -0.2) is 12.8 Å². The second-order valence-electron chi connectivity index (χ2n) is 5.45. The van der Waals surface area contributed by atoms with Gasteiger partial charge in [0.1, 0.15) is 5.82 Å². The molecule has 122 valence electrons. The Labute approximate surface area is 135 Å². The van der Waals surface area contributed by atoms with Crippen LogP contribution in [-0.4, -0.2) is 20.6 Å². The predicted molar refractivity (Wildman–Crippen MR) is 87.4 cm³/mol. The highest BCUT2D eigenvalue weighted by atomic mass is 32.2. The molecule has 2 rings (SSSR count). The van der Waals surface area contributed by atoms with Gasteiger partial charge >= 0.3 is 0 Å². The Hall–Kier alpha value is -2.21. The molecule has 1 atom stereocenters. The summed E-state index contributed by atoms with van der Waals surface area (Å²) in [6.45, 7) is 1.67. The Kier molecular flexibility index (Phi) is 5.15. The van der Waals surface area contributed by atoms with E-state index in [2.05, 4.69) is 5.32 Å². The fraction of sp³-hybridized carbons (Fsp3) is 0.235. The van der Waals surface area contributed by atoms with Crippen molar-refractivity contribution < 1.29 is 17.6 Å². The smallest absolute Gasteiger partial charge is 0.227 e. The van der Waals surface area contributed by atoms with Crippen LogP contribution in [0, 0.1) is 11.7 Å². The summed E-state index contributed by atoms with van der Waals surface area (Å²) in [6.07, 6.45) is 1.32. The fourth-order valence-electron chi connectivity index (χ4n) is 2.24. The van der Waals surface area contributed by atoms with Gasteiger partial charge in [-0.15, -0.1) is 0 Å². The highest BCUT2D eigenvalue weighted by Gasteiger charge is 2.19. The van der Waals surface area contributed by atoms with Crippen molar-refractivity contribution in [2.24, 2.45) is 5.92 Å². The van der Waals surface area contributed by atoms with E-state index in [0.717, 1.165) is 6.26 Å². The van der Waals surface area contributed by atoms with Gasteiger partial charge in [-0.2, -0.15) is 0 Å². The van der Waals surface area contributed by atoms with E-state index >= 15 is 0 Å². The van der Waals surface area contributed by atoms with Crippen LogP contribution in [0.25, 0.3) is 0 Å². The van der Waals surface area contributed by atoms with Crippen molar-refractivity contribution in [2.45, 2.75) is 18.2 Å². The summed E-state index contributed by atoms with van der Waals surface area (Å²) in [5, 5.41) is 2.62. The Morgan fingerprint density at radius 3 is 2.39 bits per heavy atom. The van der Waals surface area contributed by atoms with Crippen LogP contribution in [0.3, 0.4) is 0 Å². The number of halogens is 1. The highest BCUT2D eigenvalue weighted by molar-refractivity contribution is 7.90. The van der Waals surface area contributed by atoms with Crippen LogP contribution in [-0.2, 0) is 21.1 Å². The SMILES string of the molecule is C[C@H](Cc1ccccc1F)C(=O)Nc1ccccc1S(C)(=O)=O. The molecule has 0 saturated heterocycles. The van der Waals surface area contributed by atoms with Gasteiger partial charge in [0.05, 0.1) is 10.6 Å². The Bertz CT molecular complexity index is 818. The lowest BCUT2D eigenvalue weighted by Gasteiger charge is -2.14. The molecule has 0 aliphatic carbocycles. The predicted octanol–water partition coefficient (Wildman–Crippen LogP) is 3.05. The van der Waals surface area contributed by atoms with E-state index in [1.807, 2.05) is 0 Å². The van der Waals surface area contributed by atoms with Crippen molar-refractivity contribution in [2.75, 3.05) is 11.6 Å². The summed E-state index contributed by atoms with van der Waals surface area (Å²) in [5.74, 6) is -1.22. The minimum atomic E-state index is -3.45. The molecule has 0 spiro atoms. The number of nitrogens with one attached hydrogen (secondary N) is 1. The number of anilines is 1. The van der Waals surface area contributed by atoms with Gasteiger partial charge in [0.15, 0.2) is 9.84 Å². The van der Waals surface area contributed by atoms with Crippen molar-refractivity contribution in [3.8, 4) is 0 Å². The molecule has 23 heavy (non-hydrogen) atoms. The Morgan fingerprint density at radius 2 is 1.74 bits per heavy atom. The molecular formula is C17H18FNO3S. The van der Waals surface area contributed by atoms with Gasteiger partial charge in [-0.3, -0.25) is 4.79 Å². The van der Waals surface area contributed by atoms with E-state index in [-0.39, 0.29) is 28.7 Å². The van der Waals surface area contributed by atoms with Gasteiger partial charge < -0.3 is 5.32 Å². The number of benzene rings is 2. The number of rotatable bonds is 5. The van der Waals surface area contributed by atoms with E-state index in [4.69, 9.17) is 0 Å². The first kappa shape index (κ1) is 17.1. The van der Waals surface area contributed by atoms with Crippen LogP contribution >= 0.6 is 0 Å². The summed E-state index contributed by atoms with van der Waals surface area (Å²) >= 11 is 0. The van der Waals surface area contributed by atoms with Crippen LogP contribution < -0.4 is 5.32 Å². The third-order valence-corrected chi connectivity index (χ3v) is 4.63. The van der Waals surface area contributed by atoms with E-state index in [1.165, 1.54) is 18.2 Å². The zero-order chi connectivity index (χ0) is 17.0. The maximum absolute atomic E-state index is 13.6. The standard InChI is InChI=1S/C17H18FNO3S/c1-12(11-13-7-3-4-8-14(13)18)17(20)19-15-9-5-6-10-16(15)23(2,21)22/h3-10,12H,11H2,1-2H3,(H,19,20)/t12-/m1/s1. The molecule has 0 fully saturated rings. The fourth-order valence-corrected chi connectivity index (χ4v) is 3.08. The van der Waals surface area contributed by atoms with Crippen LogP contribution in [0.1, 0.15) is 12.5 Å².